The molecule has 0 heterocycles. The molecule has 0 rings (SSSR count). The van der Waals surface area contributed by atoms with Crippen LogP contribution in [0.4, 0.5) is 0 Å². The van der Waals surface area contributed by atoms with E-state index in [0.29, 0.717) is 78.6 Å². The fourth-order valence-corrected chi connectivity index (χ4v) is 7.14. The highest BCUT2D eigenvalue weighted by Crippen LogP contribution is 2.16. The maximum atomic E-state index is 5.77. The van der Waals surface area contributed by atoms with Crippen molar-refractivity contribution in [2.45, 2.75) is 461 Å². The average molecular weight is 1530 g/mol. The molecule has 0 fully saturated rings. The minimum absolute atomic E-state index is 0. The van der Waals surface area contributed by atoms with E-state index in [1.165, 1.54) is 64.2 Å². The van der Waals surface area contributed by atoms with Crippen LogP contribution in [-0.4, -0.2) is 142 Å². The van der Waals surface area contributed by atoms with Crippen LogP contribution in [0.2, 0.25) is 0 Å². The number of ether oxygens (including phenoxy) is 11. The van der Waals surface area contributed by atoms with Crippen LogP contribution in [0.1, 0.15) is 424 Å². The molecule has 0 N–H and O–H groups in total. The molecule has 0 aliphatic heterocycles. The number of unbranched alkanes of at least 4 members (excludes halogenated alkanes) is 3. The second-order valence-corrected chi connectivity index (χ2v) is 29.8. The van der Waals surface area contributed by atoms with Gasteiger partial charge in [0.2, 0.25) is 0 Å². The molecule has 0 amide bonds. The van der Waals surface area contributed by atoms with Crippen LogP contribution in [0, 0.1) is 59.2 Å². The van der Waals surface area contributed by atoms with Crippen molar-refractivity contribution in [3.63, 3.8) is 0 Å². The zero-order chi connectivity index (χ0) is 75.8. The van der Waals surface area contributed by atoms with Crippen molar-refractivity contribution in [3.8, 4) is 0 Å². The molecule has 0 aromatic carbocycles. The zero-order valence-corrected chi connectivity index (χ0v) is 72.5. The van der Waals surface area contributed by atoms with Gasteiger partial charge >= 0.3 is 0 Å². The molecule has 0 saturated heterocycles. The topological polar surface area (TPSA) is 102 Å². The van der Waals surface area contributed by atoms with E-state index in [0.717, 1.165) is 175 Å². The van der Waals surface area contributed by atoms with Crippen LogP contribution >= 0.6 is 0 Å². The van der Waals surface area contributed by atoms with Crippen molar-refractivity contribution in [2.75, 3.05) is 106 Å². The lowest BCUT2D eigenvalue weighted by Gasteiger charge is -2.24. The van der Waals surface area contributed by atoms with Gasteiger partial charge in [0.1, 0.15) is 0 Å². The average Bonchev–Trinajstić information content (AvgIpc) is 0.972. The van der Waals surface area contributed by atoms with Crippen LogP contribution in [0.3, 0.4) is 0 Å². The molecule has 0 aliphatic rings. The van der Waals surface area contributed by atoms with Crippen LogP contribution < -0.4 is 0 Å². The standard InChI is InChI=1S/2C12H26O.C11H24O2.2C10H22O.C8H18O2.2C8H18O.C6H14O.9CH4/c1-5-12(4)8-6-7-9-13-10-11(2)3;1-4-7-8-9-12(6-3)11-13-10-5-2;1-6-10(4)13-8-11(5)12-7-9(2)3;1-7(2)9(5)11-10(6)8(3)4;1-5-9(4)8-11-10(6-2)7-3;1-3-5-9-7-8-10-6-4-2;1-7(2)5-9-6-8(3)4;1-5-8(4)9-6-7(2)3;1-3-5-7-6-4-2;;;;;;;;;/h11-12H,5-10H2,1-4H3;12H,4-11H2,1-3H3;9-11H,6-8H2,1-5H3;7-10H,1-6H3;9-10H,5-8H2,1-4H3;3-8H2,1-2H3;2*7-8H,5-6H2,1-4H3;3-6H2,1-2H3;9*1H4. The van der Waals surface area contributed by atoms with Gasteiger partial charge in [-0.1, -0.05) is 319 Å². The van der Waals surface area contributed by atoms with Crippen LogP contribution in [0.15, 0.2) is 0 Å². The normalized spacial score (nSPS) is 12.4. The van der Waals surface area contributed by atoms with Crippen molar-refractivity contribution in [2.24, 2.45) is 59.2 Å². The second-order valence-electron chi connectivity index (χ2n) is 29.8. The highest BCUT2D eigenvalue weighted by Gasteiger charge is 2.14. The molecule has 8 unspecified atom stereocenters. The van der Waals surface area contributed by atoms with Crippen LogP contribution in [0.25, 0.3) is 0 Å². The van der Waals surface area contributed by atoms with Crippen molar-refractivity contribution in [3.05, 3.63) is 0 Å². The fourth-order valence-electron chi connectivity index (χ4n) is 7.14. The van der Waals surface area contributed by atoms with E-state index in [9.17, 15) is 0 Å². The quantitative estimate of drug-likeness (QED) is 0.0544. The predicted molar refractivity (Wildman–Crippen MR) is 489 cm³/mol. The largest absolute Gasteiger partial charge is 0.381 e. The minimum atomic E-state index is 0. The summed E-state index contributed by atoms with van der Waals surface area (Å²) in [5.41, 5.74) is 0. The third-order valence-electron chi connectivity index (χ3n) is 15.3. The number of hydrogen-bond acceptors (Lipinski definition) is 11. The van der Waals surface area contributed by atoms with Gasteiger partial charge in [0, 0.05) is 85.9 Å². The van der Waals surface area contributed by atoms with Gasteiger partial charge in [0.15, 0.2) is 0 Å². The van der Waals surface area contributed by atoms with E-state index < -0.39 is 0 Å². The van der Waals surface area contributed by atoms with Gasteiger partial charge in [-0.25, -0.2) is 0 Å². The summed E-state index contributed by atoms with van der Waals surface area (Å²) in [6, 6.07) is 0. The van der Waals surface area contributed by atoms with Gasteiger partial charge in [0.05, 0.1) is 56.4 Å². The lowest BCUT2D eigenvalue weighted by molar-refractivity contribution is -0.0388. The molecule has 666 valence electrons. The van der Waals surface area contributed by atoms with Gasteiger partial charge in [-0.05, 0) is 164 Å². The van der Waals surface area contributed by atoms with Crippen LogP contribution in [-0.2, 0) is 52.1 Å². The summed E-state index contributed by atoms with van der Waals surface area (Å²) < 4.78 is 60.0. The first-order valence-electron chi connectivity index (χ1n) is 41.0. The minimum Gasteiger partial charge on any atom is -0.381 e. The van der Waals surface area contributed by atoms with Gasteiger partial charge in [-0.3, -0.25) is 0 Å². The zero-order valence-electron chi connectivity index (χ0n) is 72.5. The second kappa shape index (κ2) is 124. The maximum absolute atomic E-state index is 5.77. The Bertz CT molecular complexity index is 1220. The Morgan fingerprint density at radius 1 is 0.219 bits per heavy atom. The summed E-state index contributed by atoms with van der Waals surface area (Å²) in [7, 11) is 0. The molecule has 0 spiro atoms. The smallest absolute Gasteiger partial charge is 0.0780 e. The highest BCUT2D eigenvalue weighted by atomic mass is 16.5. The summed E-state index contributed by atoms with van der Waals surface area (Å²) in [4.78, 5) is 0. The summed E-state index contributed by atoms with van der Waals surface area (Å²) in [6.07, 6.45) is 25.5. The molecule has 0 bridgehead atoms. The summed E-state index contributed by atoms with van der Waals surface area (Å²) in [5.74, 6) is 6.94. The number of hydrogen-bond donors (Lipinski definition) is 0. The van der Waals surface area contributed by atoms with Crippen molar-refractivity contribution in [1.29, 1.82) is 0 Å². The van der Waals surface area contributed by atoms with Crippen molar-refractivity contribution in [1.82, 2.24) is 0 Å². The lowest BCUT2D eigenvalue weighted by atomic mass is 10.00. The summed E-state index contributed by atoms with van der Waals surface area (Å²) in [5, 5.41) is 0. The van der Waals surface area contributed by atoms with E-state index in [2.05, 4.69) is 235 Å². The Hall–Kier alpha value is -0.440. The lowest BCUT2D eigenvalue weighted by Crippen LogP contribution is -2.25. The van der Waals surface area contributed by atoms with E-state index in [-0.39, 0.29) is 72.9 Å². The molecule has 105 heavy (non-hydrogen) atoms. The molecule has 11 heteroatoms. The summed E-state index contributed by atoms with van der Waals surface area (Å²) in [6.45, 7) is 87.9. The molecule has 0 aromatic heterocycles. The van der Waals surface area contributed by atoms with Crippen molar-refractivity contribution >= 4 is 0 Å². The molecule has 0 radical (unpaired) electrons. The highest BCUT2D eigenvalue weighted by molar-refractivity contribution is 4.62. The van der Waals surface area contributed by atoms with Gasteiger partial charge in [-0.15, -0.1) is 0 Å². The Morgan fingerprint density at radius 3 is 0.857 bits per heavy atom. The molecule has 8 atom stereocenters. The predicted octanol–water partition coefficient (Wildman–Crippen LogP) is 31.2. The molecule has 11 nitrogen and oxygen atoms in total. The Kier molecular flexibility index (Phi) is 177. The maximum Gasteiger partial charge on any atom is 0.0780 e. The first-order chi connectivity index (χ1) is 45.4. The fraction of sp³-hybridized carbons (Fsp3) is 1.00. The van der Waals surface area contributed by atoms with Crippen LogP contribution in [0.5, 0.6) is 0 Å². The van der Waals surface area contributed by atoms with E-state index in [4.69, 9.17) is 52.1 Å². The van der Waals surface area contributed by atoms with E-state index in [1.807, 2.05) is 0 Å². The van der Waals surface area contributed by atoms with Gasteiger partial charge in [0.25, 0.3) is 0 Å². The molecular formula is C94H224O11. The molecule has 0 aliphatic carbocycles. The summed E-state index contributed by atoms with van der Waals surface area (Å²) >= 11 is 0. The first-order valence-corrected chi connectivity index (χ1v) is 41.0. The molecular weight excluding hydrogens is 1310 g/mol. The van der Waals surface area contributed by atoms with Gasteiger partial charge < -0.3 is 52.1 Å². The number of rotatable bonds is 53. The van der Waals surface area contributed by atoms with Crippen molar-refractivity contribution < 1.29 is 52.1 Å². The Balaban J connectivity index is -0.0000000504. The van der Waals surface area contributed by atoms with E-state index in [1.54, 1.807) is 0 Å². The first kappa shape index (κ1) is 150. The Morgan fingerprint density at radius 2 is 0.543 bits per heavy atom. The van der Waals surface area contributed by atoms with E-state index >= 15 is 0 Å². The third-order valence-corrected chi connectivity index (χ3v) is 15.3. The SMILES string of the molecule is C.C.C.C.C.C.C.C.C.CC(C)C(C)OC(C)C(C)C.CC(C)COCC(C)C.CCC(C)CCCCOCC(C)C.CCC(C)COC(CC)CC.CCC(C)OCC(C)C.CCC(C)OCC(C)OCC(C)C.CCCCCC(CC)COCCC.CCCOCCC.CCCOCCOCCC. The monoisotopic (exact) mass is 1530 g/mol. The molecule has 0 saturated carbocycles. The third kappa shape index (κ3) is 161. The molecule has 0 aromatic rings. The van der Waals surface area contributed by atoms with Gasteiger partial charge in [-0.2, -0.15) is 0 Å². The Labute approximate surface area is 674 Å².